The number of anilines is 1. The lowest BCUT2D eigenvalue weighted by Crippen LogP contribution is -2.08. The lowest BCUT2D eigenvalue weighted by atomic mass is 10.2. The zero-order chi connectivity index (χ0) is 12.8. The first kappa shape index (κ1) is 12.3. The molecule has 3 N–H and O–H groups in total. The van der Waals surface area contributed by atoms with Crippen LogP contribution in [0.5, 0.6) is 5.75 Å². The lowest BCUT2D eigenvalue weighted by Gasteiger charge is -2.05. The molecule has 0 spiro atoms. The van der Waals surface area contributed by atoms with Gasteiger partial charge >= 0.3 is 0 Å². The van der Waals surface area contributed by atoms with Gasteiger partial charge in [0.15, 0.2) is 5.00 Å². The van der Waals surface area contributed by atoms with Gasteiger partial charge in [0.25, 0.3) is 0 Å². The number of nitrogens with zero attached hydrogens (tertiary/aromatic N) is 3. The molecule has 0 saturated heterocycles. The molecule has 0 amide bonds. The summed E-state index contributed by atoms with van der Waals surface area (Å²) in [6.07, 6.45) is 0.400. The van der Waals surface area contributed by atoms with Gasteiger partial charge in [-0.05, 0) is 17.7 Å². The summed E-state index contributed by atoms with van der Waals surface area (Å²) in [6.45, 7) is 0.299. The molecule has 0 aliphatic heterocycles. The van der Waals surface area contributed by atoms with E-state index in [1.165, 1.54) is 11.5 Å². The molecule has 0 fully saturated rings. The molecular weight excluding hydrogens is 250 g/mol. The molecule has 6 nitrogen and oxygen atoms in total. The van der Waals surface area contributed by atoms with Crippen LogP contribution in [0.1, 0.15) is 11.3 Å². The third kappa shape index (κ3) is 2.94. The lowest BCUT2D eigenvalue weighted by molar-refractivity contribution is 0.301. The van der Waals surface area contributed by atoms with Crippen LogP contribution in [0, 0.1) is 11.3 Å². The molecule has 1 heterocycles. The SMILES string of the molecule is N#CCc1ccc(OCc2nnsc2NN)cc1. The quantitative estimate of drug-likeness (QED) is 0.625. The summed E-state index contributed by atoms with van der Waals surface area (Å²) in [5, 5.41) is 13.2. The van der Waals surface area contributed by atoms with Crippen molar-refractivity contribution < 1.29 is 4.74 Å². The van der Waals surface area contributed by atoms with Crippen molar-refractivity contribution in [2.75, 3.05) is 5.43 Å². The number of nitrogen functional groups attached to an aromatic ring is 1. The number of hydrogen-bond acceptors (Lipinski definition) is 7. The molecule has 18 heavy (non-hydrogen) atoms. The van der Waals surface area contributed by atoms with Gasteiger partial charge in [0, 0.05) is 11.5 Å². The van der Waals surface area contributed by atoms with Crippen LogP contribution >= 0.6 is 11.5 Å². The first-order valence-electron chi connectivity index (χ1n) is 5.20. The van der Waals surface area contributed by atoms with Crippen molar-refractivity contribution in [2.24, 2.45) is 5.84 Å². The topological polar surface area (TPSA) is 96.8 Å². The second kappa shape index (κ2) is 5.95. The van der Waals surface area contributed by atoms with Crippen LogP contribution in [0.2, 0.25) is 0 Å². The van der Waals surface area contributed by atoms with Gasteiger partial charge < -0.3 is 10.2 Å². The minimum atomic E-state index is 0.299. The van der Waals surface area contributed by atoms with E-state index < -0.39 is 0 Å². The number of hydrogen-bond donors (Lipinski definition) is 2. The average molecular weight is 261 g/mol. The number of ether oxygens (including phenoxy) is 1. The summed E-state index contributed by atoms with van der Waals surface area (Å²) in [4.78, 5) is 0. The second-order valence-electron chi connectivity index (χ2n) is 3.46. The average Bonchev–Trinajstić information content (AvgIpc) is 2.86. The Kier molecular flexibility index (Phi) is 4.06. The van der Waals surface area contributed by atoms with Crippen LogP contribution in [0.25, 0.3) is 0 Å². The van der Waals surface area contributed by atoms with Crippen LogP contribution < -0.4 is 16.0 Å². The van der Waals surface area contributed by atoms with E-state index in [9.17, 15) is 0 Å². The number of benzene rings is 1. The highest BCUT2D eigenvalue weighted by Gasteiger charge is 2.07. The highest BCUT2D eigenvalue weighted by molar-refractivity contribution is 7.10. The fourth-order valence-corrected chi connectivity index (χ4v) is 1.84. The summed E-state index contributed by atoms with van der Waals surface area (Å²) in [5.41, 5.74) is 4.15. The predicted octanol–water partition coefficient (Wildman–Crippen LogP) is 1.47. The number of nitrogens with one attached hydrogen (secondary N) is 1. The van der Waals surface area contributed by atoms with Crippen LogP contribution in [0.4, 0.5) is 5.00 Å². The molecule has 0 saturated carbocycles. The van der Waals surface area contributed by atoms with Gasteiger partial charge in [0.2, 0.25) is 0 Å². The molecule has 0 aliphatic rings. The first-order valence-corrected chi connectivity index (χ1v) is 5.97. The van der Waals surface area contributed by atoms with E-state index in [1.807, 2.05) is 24.3 Å². The Morgan fingerprint density at radius 1 is 1.39 bits per heavy atom. The fourth-order valence-electron chi connectivity index (χ4n) is 1.36. The van der Waals surface area contributed by atoms with Crippen LogP contribution in [0.15, 0.2) is 24.3 Å². The van der Waals surface area contributed by atoms with Gasteiger partial charge in [-0.3, -0.25) is 0 Å². The van der Waals surface area contributed by atoms with Gasteiger partial charge in [-0.25, -0.2) is 5.84 Å². The van der Waals surface area contributed by atoms with E-state index in [4.69, 9.17) is 15.8 Å². The molecular formula is C11H11N5OS. The summed E-state index contributed by atoms with van der Waals surface area (Å²) in [5.74, 6) is 6.03. The van der Waals surface area contributed by atoms with E-state index >= 15 is 0 Å². The molecule has 2 rings (SSSR count). The summed E-state index contributed by atoms with van der Waals surface area (Å²) in [7, 11) is 0. The van der Waals surface area contributed by atoms with E-state index in [2.05, 4.69) is 21.1 Å². The number of nitriles is 1. The Balaban J connectivity index is 1.96. The molecule has 0 atom stereocenters. The Labute approximate surface area is 108 Å². The standard InChI is InChI=1S/C11H11N5OS/c12-6-5-8-1-3-9(4-2-8)17-7-10-11(14-13)18-16-15-10/h1-4,14H,5,7,13H2. The largest absolute Gasteiger partial charge is 0.487 e. The zero-order valence-electron chi connectivity index (χ0n) is 9.46. The molecule has 0 unspecified atom stereocenters. The van der Waals surface area contributed by atoms with Crippen molar-refractivity contribution in [3.05, 3.63) is 35.5 Å². The minimum absolute atomic E-state index is 0.299. The fraction of sp³-hybridized carbons (Fsp3) is 0.182. The van der Waals surface area contributed by atoms with Crippen molar-refractivity contribution in [3.8, 4) is 11.8 Å². The maximum atomic E-state index is 8.56. The third-order valence-corrected chi connectivity index (χ3v) is 2.97. The van der Waals surface area contributed by atoms with Crippen molar-refractivity contribution in [2.45, 2.75) is 13.0 Å². The Hall–Kier alpha value is -2.17. The Bertz CT molecular complexity index is 545. The van der Waals surface area contributed by atoms with Crippen LogP contribution in [-0.4, -0.2) is 9.59 Å². The number of hydrazine groups is 1. The second-order valence-corrected chi connectivity index (χ2v) is 4.21. The molecule has 7 heteroatoms. The molecule has 0 radical (unpaired) electrons. The molecule has 92 valence electrons. The van der Waals surface area contributed by atoms with Gasteiger partial charge in [0.1, 0.15) is 18.1 Å². The zero-order valence-corrected chi connectivity index (χ0v) is 10.3. The van der Waals surface area contributed by atoms with Crippen molar-refractivity contribution in [1.29, 1.82) is 5.26 Å². The first-order chi connectivity index (χ1) is 8.83. The van der Waals surface area contributed by atoms with Crippen LogP contribution in [-0.2, 0) is 13.0 Å². The van der Waals surface area contributed by atoms with E-state index in [1.54, 1.807) is 0 Å². The molecule has 0 bridgehead atoms. The normalized spacial score (nSPS) is 9.78. The van der Waals surface area contributed by atoms with Crippen molar-refractivity contribution in [3.63, 3.8) is 0 Å². The maximum absolute atomic E-state index is 8.56. The van der Waals surface area contributed by atoms with Gasteiger partial charge in [0.05, 0.1) is 12.5 Å². The molecule has 0 aliphatic carbocycles. The smallest absolute Gasteiger partial charge is 0.150 e. The van der Waals surface area contributed by atoms with E-state index in [0.717, 1.165) is 5.56 Å². The van der Waals surface area contributed by atoms with Gasteiger partial charge in [-0.2, -0.15) is 5.26 Å². The maximum Gasteiger partial charge on any atom is 0.150 e. The summed E-state index contributed by atoms with van der Waals surface area (Å²) < 4.78 is 9.33. The monoisotopic (exact) mass is 261 g/mol. The molecule has 1 aromatic heterocycles. The van der Waals surface area contributed by atoms with Gasteiger partial charge in [-0.1, -0.05) is 16.6 Å². The number of aromatic nitrogens is 2. The highest BCUT2D eigenvalue weighted by Crippen LogP contribution is 2.19. The Morgan fingerprint density at radius 3 is 2.83 bits per heavy atom. The predicted molar refractivity (Wildman–Crippen MR) is 67.8 cm³/mol. The highest BCUT2D eigenvalue weighted by atomic mass is 32.1. The van der Waals surface area contributed by atoms with E-state index in [-0.39, 0.29) is 0 Å². The minimum Gasteiger partial charge on any atom is -0.487 e. The van der Waals surface area contributed by atoms with Gasteiger partial charge in [-0.15, -0.1) is 5.10 Å². The number of nitrogens with two attached hydrogens (primary N) is 1. The summed E-state index contributed by atoms with van der Waals surface area (Å²) >= 11 is 1.18. The van der Waals surface area contributed by atoms with Crippen molar-refractivity contribution >= 4 is 16.5 Å². The summed E-state index contributed by atoms with van der Waals surface area (Å²) in [6, 6.07) is 9.46. The Morgan fingerprint density at radius 2 is 2.17 bits per heavy atom. The number of rotatable bonds is 5. The van der Waals surface area contributed by atoms with Crippen molar-refractivity contribution in [1.82, 2.24) is 9.59 Å². The van der Waals surface area contributed by atoms with Crippen LogP contribution in [0.3, 0.4) is 0 Å². The molecule has 2 aromatic rings. The van der Waals surface area contributed by atoms with E-state index in [0.29, 0.717) is 29.5 Å². The molecule has 1 aromatic carbocycles. The third-order valence-electron chi connectivity index (χ3n) is 2.27.